The highest BCUT2D eigenvalue weighted by atomic mass is 19.3. The van der Waals surface area contributed by atoms with Gasteiger partial charge in [-0.3, -0.25) is 9.78 Å². The number of benzene rings is 1. The molecule has 1 saturated heterocycles. The van der Waals surface area contributed by atoms with Gasteiger partial charge in [-0.05, 0) is 36.8 Å². The van der Waals surface area contributed by atoms with E-state index in [2.05, 4.69) is 9.72 Å². The van der Waals surface area contributed by atoms with Crippen molar-refractivity contribution in [2.24, 2.45) is 0 Å². The molecule has 1 atom stereocenters. The lowest BCUT2D eigenvalue weighted by molar-refractivity contribution is -0.0504. The number of hydrogen-bond donors (Lipinski definition) is 0. The van der Waals surface area contributed by atoms with Crippen LogP contribution in [0.2, 0.25) is 0 Å². The molecule has 0 bridgehead atoms. The molecule has 1 aliphatic rings. The summed E-state index contributed by atoms with van der Waals surface area (Å²) in [7, 11) is 0. The third kappa shape index (κ3) is 4.30. The van der Waals surface area contributed by atoms with E-state index in [-0.39, 0.29) is 11.7 Å². The zero-order valence-electron chi connectivity index (χ0n) is 13.7. The molecule has 1 fully saturated rings. The summed E-state index contributed by atoms with van der Waals surface area (Å²) in [6.45, 7) is 0.152. The van der Waals surface area contributed by atoms with Gasteiger partial charge in [0.2, 0.25) is 0 Å². The maximum absolute atomic E-state index is 12.6. The fourth-order valence-corrected chi connectivity index (χ4v) is 2.70. The number of hydrogen-bond acceptors (Lipinski definition) is 4. The van der Waals surface area contributed by atoms with Crippen LogP contribution >= 0.6 is 0 Å². The Balaban J connectivity index is 1.72. The van der Waals surface area contributed by atoms with E-state index >= 15 is 0 Å². The molecule has 1 unspecified atom stereocenters. The van der Waals surface area contributed by atoms with Crippen LogP contribution in [0.25, 0.3) is 0 Å². The molecule has 0 spiro atoms. The van der Waals surface area contributed by atoms with Crippen LogP contribution in [0.3, 0.4) is 0 Å². The van der Waals surface area contributed by atoms with Gasteiger partial charge in [0.15, 0.2) is 0 Å². The molecule has 25 heavy (non-hydrogen) atoms. The van der Waals surface area contributed by atoms with Crippen LogP contribution in [0.4, 0.5) is 8.78 Å². The van der Waals surface area contributed by atoms with Gasteiger partial charge in [0.25, 0.3) is 5.91 Å². The highest BCUT2D eigenvalue weighted by Crippen LogP contribution is 2.26. The lowest BCUT2D eigenvalue weighted by Gasteiger charge is -2.33. The van der Waals surface area contributed by atoms with E-state index in [0.717, 1.165) is 5.69 Å². The highest BCUT2D eigenvalue weighted by molar-refractivity contribution is 5.94. The predicted molar refractivity (Wildman–Crippen MR) is 86.6 cm³/mol. The molecule has 7 heteroatoms. The van der Waals surface area contributed by atoms with E-state index in [1.54, 1.807) is 35.4 Å². The molecule has 0 radical (unpaired) electrons. The summed E-state index contributed by atoms with van der Waals surface area (Å²) in [6.07, 6.45) is 1.16. The quantitative estimate of drug-likeness (QED) is 0.851. The molecule has 2 heterocycles. The van der Waals surface area contributed by atoms with Gasteiger partial charge in [0.1, 0.15) is 11.9 Å². The molecule has 0 aliphatic carbocycles. The zero-order chi connectivity index (χ0) is 17.8. The summed E-state index contributed by atoms with van der Waals surface area (Å²) in [5, 5.41) is 0. The second-order valence-electron chi connectivity index (χ2n) is 5.75. The third-order valence-electron chi connectivity index (χ3n) is 3.97. The molecule has 1 aromatic heterocycles. The number of amides is 1. The van der Waals surface area contributed by atoms with Crippen LogP contribution in [-0.4, -0.2) is 42.1 Å². The first-order chi connectivity index (χ1) is 12.0. The molecule has 0 N–H and O–H groups in total. The standard InChI is InChI=1S/C18H18F2N2O3/c1-12-5-6-14(10-21-12)17(23)22-7-8-24-16(11-22)13-3-2-4-15(9-13)25-18(19)20/h2-6,9-10,16,18H,7-8,11H2,1H3. The number of carbonyl (C=O) groups is 1. The average Bonchev–Trinajstić information content (AvgIpc) is 2.61. The molecular formula is C18H18F2N2O3. The zero-order valence-corrected chi connectivity index (χ0v) is 13.7. The minimum absolute atomic E-state index is 0.0716. The Bertz CT molecular complexity index is 737. The van der Waals surface area contributed by atoms with Crippen molar-refractivity contribution in [2.45, 2.75) is 19.6 Å². The number of carbonyl (C=O) groups excluding carboxylic acids is 1. The first-order valence-corrected chi connectivity index (χ1v) is 7.91. The number of halogens is 2. The molecule has 132 valence electrons. The molecule has 2 aromatic rings. The van der Waals surface area contributed by atoms with Gasteiger partial charge >= 0.3 is 6.61 Å². The average molecular weight is 348 g/mol. The van der Waals surface area contributed by atoms with E-state index in [0.29, 0.717) is 30.8 Å². The highest BCUT2D eigenvalue weighted by Gasteiger charge is 2.26. The number of aryl methyl sites for hydroxylation is 1. The van der Waals surface area contributed by atoms with Crippen molar-refractivity contribution in [2.75, 3.05) is 19.7 Å². The lowest BCUT2D eigenvalue weighted by Crippen LogP contribution is -2.42. The van der Waals surface area contributed by atoms with Crippen molar-refractivity contribution in [3.63, 3.8) is 0 Å². The van der Waals surface area contributed by atoms with Crippen molar-refractivity contribution in [3.8, 4) is 5.75 Å². The number of rotatable bonds is 4. The van der Waals surface area contributed by atoms with Gasteiger partial charge in [0, 0.05) is 18.4 Å². The predicted octanol–water partition coefficient (Wildman–Crippen LogP) is 3.21. The summed E-state index contributed by atoms with van der Waals surface area (Å²) < 4.78 is 34.9. The Labute approximate surface area is 144 Å². The lowest BCUT2D eigenvalue weighted by atomic mass is 10.1. The fraction of sp³-hybridized carbons (Fsp3) is 0.333. The maximum Gasteiger partial charge on any atom is 0.387 e. The second kappa shape index (κ2) is 7.57. The van der Waals surface area contributed by atoms with Gasteiger partial charge in [-0.1, -0.05) is 12.1 Å². The third-order valence-corrected chi connectivity index (χ3v) is 3.97. The minimum atomic E-state index is -2.88. The van der Waals surface area contributed by atoms with Gasteiger partial charge in [-0.15, -0.1) is 0 Å². The number of pyridine rings is 1. The monoisotopic (exact) mass is 348 g/mol. The van der Waals surface area contributed by atoms with E-state index in [1.165, 1.54) is 12.1 Å². The Hall–Kier alpha value is -2.54. The summed E-state index contributed by atoms with van der Waals surface area (Å²) in [6, 6.07) is 9.89. The number of morpholine rings is 1. The van der Waals surface area contributed by atoms with Gasteiger partial charge in [0.05, 0.1) is 18.7 Å². The maximum atomic E-state index is 12.6. The van der Waals surface area contributed by atoms with E-state index < -0.39 is 12.7 Å². The normalized spacial score (nSPS) is 17.6. The molecule has 1 aliphatic heterocycles. The summed E-state index contributed by atoms with van der Waals surface area (Å²) in [4.78, 5) is 18.4. The number of alkyl halides is 2. The largest absolute Gasteiger partial charge is 0.435 e. The SMILES string of the molecule is Cc1ccc(C(=O)N2CCOC(c3cccc(OC(F)F)c3)C2)cn1. The Morgan fingerprint density at radius 1 is 1.36 bits per heavy atom. The summed E-state index contributed by atoms with van der Waals surface area (Å²) >= 11 is 0. The molecule has 1 aromatic carbocycles. The Morgan fingerprint density at radius 3 is 2.92 bits per heavy atom. The fourth-order valence-electron chi connectivity index (χ4n) is 2.70. The van der Waals surface area contributed by atoms with Crippen LogP contribution in [0, 0.1) is 6.92 Å². The number of nitrogens with zero attached hydrogens (tertiary/aromatic N) is 2. The number of ether oxygens (including phenoxy) is 2. The summed E-state index contributed by atoms with van der Waals surface area (Å²) in [5.41, 5.74) is 2.05. The first kappa shape index (κ1) is 17.3. The first-order valence-electron chi connectivity index (χ1n) is 7.91. The Kier molecular flexibility index (Phi) is 5.23. The van der Waals surface area contributed by atoms with Gasteiger partial charge in [-0.2, -0.15) is 8.78 Å². The molecule has 0 saturated carbocycles. The van der Waals surface area contributed by atoms with Crippen molar-refractivity contribution < 1.29 is 23.0 Å². The summed E-state index contributed by atoms with van der Waals surface area (Å²) in [5.74, 6) is -0.0527. The van der Waals surface area contributed by atoms with Crippen molar-refractivity contribution in [1.82, 2.24) is 9.88 Å². The van der Waals surface area contributed by atoms with Gasteiger partial charge in [-0.25, -0.2) is 0 Å². The topological polar surface area (TPSA) is 51.7 Å². The second-order valence-corrected chi connectivity index (χ2v) is 5.75. The van der Waals surface area contributed by atoms with Crippen LogP contribution in [0.1, 0.15) is 27.7 Å². The molecular weight excluding hydrogens is 330 g/mol. The molecule has 1 amide bonds. The van der Waals surface area contributed by atoms with Gasteiger partial charge < -0.3 is 14.4 Å². The smallest absolute Gasteiger partial charge is 0.387 e. The van der Waals surface area contributed by atoms with Crippen LogP contribution in [0.15, 0.2) is 42.6 Å². The number of aromatic nitrogens is 1. The molecule has 3 rings (SSSR count). The molecule has 5 nitrogen and oxygen atoms in total. The van der Waals surface area contributed by atoms with Crippen molar-refractivity contribution >= 4 is 5.91 Å². The van der Waals surface area contributed by atoms with E-state index in [4.69, 9.17) is 4.74 Å². The Morgan fingerprint density at radius 2 is 2.20 bits per heavy atom. The minimum Gasteiger partial charge on any atom is -0.435 e. The van der Waals surface area contributed by atoms with Crippen molar-refractivity contribution in [1.29, 1.82) is 0 Å². The van der Waals surface area contributed by atoms with Crippen LogP contribution in [-0.2, 0) is 4.74 Å². The van der Waals surface area contributed by atoms with E-state index in [1.807, 2.05) is 6.92 Å². The van der Waals surface area contributed by atoms with Crippen LogP contribution < -0.4 is 4.74 Å². The van der Waals surface area contributed by atoms with E-state index in [9.17, 15) is 13.6 Å². The van der Waals surface area contributed by atoms with Crippen molar-refractivity contribution in [3.05, 3.63) is 59.4 Å². The van der Waals surface area contributed by atoms with Crippen LogP contribution in [0.5, 0.6) is 5.75 Å².